The number of esters is 1. The number of nitrogens with zero attached hydrogens (tertiary/aromatic N) is 3. The molecule has 10 heteroatoms. The molecule has 0 spiro atoms. The zero-order valence-corrected chi connectivity index (χ0v) is 22.0. The molecule has 0 atom stereocenters. The summed E-state index contributed by atoms with van der Waals surface area (Å²) in [4.78, 5) is 29.8. The van der Waals surface area contributed by atoms with Gasteiger partial charge in [0.25, 0.3) is 5.91 Å². The van der Waals surface area contributed by atoms with Gasteiger partial charge in [0, 0.05) is 18.7 Å². The smallest absolute Gasteiger partial charge is 0.325 e. The van der Waals surface area contributed by atoms with Crippen molar-refractivity contribution in [2.75, 3.05) is 13.7 Å². The first-order valence-electron chi connectivity index (χ1n) is 11.7. The van der Waals surface area contributed by atoms with Crippen molar-refractivity contribution in [2.24, 2.45) is 4.99 Å². The number of benzene rings is 3. The Labute approximate surface area is 218 Å². The van der Waals surface area contributed by atoms with Gasteiger partial charge in [0.1, 0.15) is 6.54 Å². The fraction of sp³-hybridized carbons (Fsp3) is 0.222. The number of aryl methyl sites for hydroxylation is 1. The molecule has 3 aromatic carbocycles. The standard InChI is InChI=1S/C27H25N3O5S2/c1-18-6-5-9-23-25(18)30(17-24(31)35-2)27(36-23)28-26(32)20-10-12-22(13-11-20)37(33,34)29-15-14-19-7-3-4-8-21(19)16-29/h3-13H,14-17H2,1-2H3. The van der Waals surface area contributed by atoms with Crippen molar-refractivity contribution in [1.29, 1.82) is 0 Å². The van der Waals surface area contributed by atoms with E-state index in [0.717, 1.165) is 26.9 Å². The molecule has 0 aliphatic carbocycles. The number of rotatable bonds is 5. The molecule has 4 aromatic rings. The SMILES string of the molecule is COC(=O)Cn1c(=NC(=O)c2ccc(S(=O)(=O)N3CCc4ccccc4C3)cc2)sc2cccc(C)c21. The van der Waals surface area contributed by atoms with Crippen LogP contribution in [0.3, 0.4) is 0 Å². The Kier molecular flexibility index (Phi) is 6.80. The Bertz CT molecular complexity index is 1690. The molecule has 0 unspecified atom stereocenters. The van der Waals surface area contributed by atoms with Gasteiger partial charge < -0.3 is 9.30 Å². The van der Waals surface area contributed by atoms with Crippen LogP contribution in [0, 0.1) is 6.92 Å². The third-order valence-corrected chi connectivity index (χ3v) is 9.35. The fourth-order valence-electron chi connectivity index (χ4n) is 4.48. The summed E-state index contributed by atoms with van der Waals surface area (Å²) in [5, 5.41) is 0. The van der Waals surface area contributed by atoms with Crippen molar-refractivity contribution in [1.82, 2.24) is 8.87 Å². The van der Waals surface area contributed by atoms with Crippen LogP contribution < -0.4 is 4.80 Å². The van der Waals surface area contributed by atoms with Crippen LogP contribution >= 0.6 is 11.3 Å². The van der Waals surface area contributed by atoms with Crippen LogP contribution in [-0.4, -0.2) is 42.8 Å². The molecule has 0 saturated heterocycles. The zero-order valence-electron chi connectivity index (χ0n) is 20.4. The Balaban J connectivity index is 1.44. The maximum atomic E-state index is 13.2. The Morgan fingerprint density at radius 1 is 1.00 bits per heavy atom. The fourth-order valence-corrected chi connectivity index (χ4v) is 7.00. The summed E-state index contributed by atoms with van der Waals surface area (Å²) in [6.07, 6.45) is 0.658. The van der Waals surface area contributed by atoms with Crippen molar-refractivity contribution in [3.63, 3.8) is 0 Å². The van der Waals surface area contributed by atoms with Crippen LogP contribution in [0.1, 0.15) is 27.0 Å². The molecule has 0 fully saturated rings. The molecule has 37 heavy (non-hydrogen) atoms. The Morgan fingerprint density at radius 2 is 1.73 bits per heavy atom. The molecule has 8 nitrogen and oxygen atoms in total. The van der Waals surface area contributed by atoms with Crippen LogP contribution in [0.25, 0.3) is 10.2 Å². The second-order valence-corrected chi connectivity index (χ2v) is 11.7. The van der Waals surface area contributed by atoms with Crippen molar-refractivity contribution >= 4 is 43.5 Å². The van der Waals surface area contributed by atoms with Crippen LogP contribution in [0.2, 0.25) is 0 Å². The first-order chi connectivity index (χ1) is 17.8. The minimum atomic E-state index is -3.71. The Hall–Kier alpha value is -3.60. The molecule has 1 amide bonds. The van der Waals surface area contributed by atoms with E-state index in [0.29, 0.717) is 24.3 Å². The number of methoxy groups -OCH3 is 1. The Morgan fingerprint density at radius 3 is 2.46 bits per heavy atom. The quantitative estimate of drug-likeness (QED) is 0.363. The van der Waals surface area contributed by atoms with E-state index in [4.69, 9.17) is 4.74 Å². The van der Waals surface area contributed by atoms with Crippen molar-refractivity contribution < 1.29 is 22.7 Å². The van der Waals surface area contributed by atoms with E-state index in [-0.39, 0.29) is 17.0 Å². The van der Waals surface area contributed by atoms with Gasteiger partial charge in [-0.05, 0) is 60.4 Å². The second kappa shape index (κ2) is 10.0. The lowest BCUT2D eigenvalue weighted by Crippen LogP contribution is -2.35. The van der Waals surface area contributed by atoms with E-state index in [1.165, 1.54) is 47.0 Å². The predicted molar refractivity (Wildman–Crippen MR) is 141 cm³/mol. The molecule has 190 valence electrons. The lowest BCUT2D eigenvalue weighted by Gasteiger charge is -2.28. The average Bonchev–Trinajstić information content (AvgIpc) is 3.25. The van der Waals surface area contributed by atoms with Crippen LogP contribution in [-0.2, 0) is 39.1 Å². The highest BCUT2D eigenvalue weighted by atomic mass is 32.2. The number of carbonyl (C=O) groups is 2. The summed E-state index contributed by atoms with van der Waals surface area (Å²) in [6, 6.07) is 19.4. The van der Waals surface area contributed by atoms with Crippen molar-refractivity contribution in [3.05, 3.63) is 93.8 Å². The summed E-state index contributed by atoms with van der Waals surface area (Å²) in [5.74, 6) is -0.981. The predicted octanol–water partition coefficient (Wildman–Crippen LogP) is 3.67. The molecule has 0 bridgehead atoms. The van der Waals surface area contributed by atoms with Gasteiger partial charge in [-0.25, -0.2) is 8.42 Å². The second-order valence-electron chi connectivity index (χ2n) is 8.77. The number of aromatic nitrogens is 1. The summed E-state index contributed by atoms with van der Waals surface area (Å²) >= 11 is 1.30. The minimum absolute atomic E-state index is 0.0798. The first kappa shape index (κ1) is 25.1. The number of sulfonamides is 1. The highest BCUT2D eigenvalue weighted by Gasteiger charge is 2.28. The van der Waals surface area contributed by atoms with Crippen LogP contribution in [0.4, 0.5) is 0 Å². The summed E-state index contributed by atoms with van der Waals surface area (Å²) in [7, 11) is -2.40. The highest BCUT2D eigenvalue weighted by molar-refractivity contribution is 7.89. The third kappa shape index (κ3) is 4.87. The lowest BCUT2D eigenvalue weighted by atomic mass is 10.0. The van der Waals surface area contributed by atoms with Gasteiger partial charge in [-0.3, -0.25) is 9.59 Å². The van der Waals surface area contributed by atoms with Crippen molar-refractivity contribution in [2.45, 2.75) is 31.3 Å². The van der Waals surface area contributed by atoms with Crippen LogP contribution in [0.5, 0.6) is 0 Å². The number of amides is 1. The number of hydrogen-bond donors (Lipinski definition) is 0. The third-order valence-electron chi connectivity index (χ3n) is 6.45. The van der Waals surface area contributed by atoms with E-state index < -0.39 is 21.9 Å². The minimum Gasteiger partial charge on any atom is -0.468 e. The van der Waals surface area contributed by atoms with Gasteiger partial charge in [-0.15, -0.1) is 0 Å². The van der Waals surface area contributed by atoms with Crippen LogP contribution in [0.15, 0.2) is 76.6 Å². The number of carbonyl (C=O) groups excluding carboxylic acids is 2. The number of ether oxygens (including phenoxy) is 1. The molecule has 5 rings (SSSR count). The zero-order chi connectivity index (χ0) is 26.2. The lowest BCUT2D eigenvalue weighted by molar-refractivity contribution is -0.141. The molecule has 1 aliphatic heterocycles. The maximum absolute atomic E-state index is 13.2. The topological polar surface area (TPSA) is 98.0 Å². The molecule has 0 radical (unpaired) electrons. The van der Waals surface area contributed by atoms with E-state index in [9.17, 15) is 18.0 Å². The summed E-state index contributed by atoms with van der Waals surface area (Å²) in [6.45, 7) is 2.57. The summed E-state index contributed by atoms with van der Waals surface area (Å²) in [5.41, 5.74) is 4.18. The number of fused-ring (bicyclic) bond motifs is 2. The normalized spacial score (nSPS) is 14.5. The molecule has 0 saturated carbocycles. The average molecular weight is 536 g/mol. The monoisotopic (exact) mass is 535 g/mol. The number of hydrogen-bond acceptors (Lipinski definition) is 6. The highest BCUT2D eigenvalue weighted by Crippen LogP contribution is 2.25. The van der Waals surface area contributed by atoms with Gasteiger partial charge in [-0.2, -0.15) is 9.30 Å². The molecule has 2 heterocycles. The van der Waals surface area contributed by atoms with E-state index in [1.807, 2.05) is 49.4 Å². The van der Waals surface area contributed by atoms with Gasteiger partial charge in [0.05, 0.1) is 22.2 Å². The van der Waals surface area contributed by atoms with E-state index >= 15 is 0 Å². The molecule has 0 N–H and O–H groups in total. The van der Waals surface area contributed by atoms with Gasteiger partial charge in [0.2, 0.25) is 10.0 Å². The van der Waals surface area contributed by atoms with E-state index in [1.54, 1.807) is 4.57 Å². The summed E-state index contributed by atoms with van der Waals surface area (Å²) < 4.78 is 35.4. The van der Waals surface area contributed by atoms with E-state index in [2.05, 4.69) is 4.99 Å². The van der Waals surface area contributed by atoms with Gasteiger partial charge >= 0.3 is 5.97 Å². The molecular formula is C27H25N3O5S2. The maximum Gasteiger partial charge on any atom is 0.325 e. The molecule has 1 aliphatic rings. The number of para-hydroxylation sites is 1. The van der Waals surface area contributed by atoms with Gasteiger partial charge in [0.15, 0.2) is 4.80 Å². The molecular weight excluding hydrogens is 510 g/mol. The number of thiazole rings is 1. The molecule has 1 aromatic heterocycles. The largest absolute Gasteiger partial charge is 0.468 e. The first-order valence-corrected chi connectivity index (χ1v) is 14.0. The van der Waals surface area contributed by atoms with Crippen molar-refractivity contribution in [3.8, 4) is 0 Å². The van der Waals surface area contributed by atoms with Gasteiger partial charge in [-0.1, -0.05) is 47.7 Å².